The van der Waals surface area contributed by atoms with Crippen LogP contribution in [0.25, 0.3) is 11.1 Å². The Morgan fingerprint density at radius 3 is 2.15 bits per heavy atom. The number of hydrogen-bond acceptors (Lipinski definition) is 2. The van der Waals surface area contributed by atoms with Crippen molar-refractivity contribution in [3.05, 3.63) is 48.0 Å². The predicted octanol–water partition coefficient (Wildman–Crippen LogP) is 4.64. The molecule has 1 aliphatic heterocycles. The first-order chi connectivity index (χ1) is 9.74. The van der Waals surface area contributed by atoms with Crippen LogP contribution < -0.4 is 9.47 Å². The molecule has 1 aliphatic rings. The van der Waals surface area contributed by atoms with Gasteiger partial charge < -0.3 is 9.47 Å². The molecule has 2 aromatic carbocycles. The van der Waals surface area contributed by atoms with Crippen LogP contribution in [0.3, 0.4) is 0 Å². The summed E-state index contributed by atoms with van der Waals surface area (Å²) >= 11 is 0. The Labute approximate surface area is 120 Å². The lowest BCUT2D eigenvalue weighted by Gasteiger charge is -2.10. The fraction of sp³-hybridized carbons (Fsp3) is 0.333. The molecule has 0 amide bonds. The van der Waals surface area contributed by atoms with Crippen LogP contribution >= 0.6 is 0 Å². The Balaban J connectivity index is 1.92. The highest BCUT2D eigenvalue weighted by Crippen LogP contribution is 2.34. The second-order valence-corrected chi connectivity index (χ2v) is 5.49. The van der Waals surface area contributed by atoms with Crippen molar-refractivity contribution in [1.29, 1.82) is 0 Å². The highest BCUT2D eigenvalue weighted by Gasteiger charge is 2.11. The van der Waals surface area contributed by atoms with Gasteiger partial charge in [0.25, 0.3) is 0 Å². The average molecular weight is 268 g/mol. The maximum atomic E-state index is 5.75. The summed E-state index contributed by atoms with van der Waals surface area (Å²) in [6, 6.07) is 14.9. The van der Waals surface area contributed by atoms with E-state index < -0.39 is 0 Å². The summed E-state index contributed by atoms with van der Waals surface area (Å²) < 4.78 is 11.4. The van der Waals surface area contributed by atoms with Crippen molar-refractivity contribution in [2.45, 2.75) is 26.2 Å². The number of rotatable bonds is 2. The number of benzene rings is 2. The summed E-state index contributed by atoms with van der Waals surface area (Å²) in [5.41, 5.74) is 3.75. The molecule has 0 aromatic heterocycles. The van der Waals surface area contributed by atoms with E-state index in [2.05, 4.69) is 50.2 Å². The van der Waals surface area contributed by atoms with Crippen LogP contribution in [-0.4, -0.2) is 13.2 Å². The van der Waals surface area contributed by atoms with Gasteiger partial charge in [0.1, 0.15) is 0 Å². The van der Waals surface area contributed by atoms with E-state index in [0.29, 0.717) is 5.92 Å². The van der Waals surface area contributed by atoms with Crippen LogP contribution in [0.1, 0.15) is 31.7 Å². The Morgan fingerprint density at radius 2 is 1.45 bits per heavy atom. The zero-order valence-electron chi connectivity index (χ0n) is 12.1. The van der Waals surface area contributed by atoms with Crippen molar-refractivity contribution >= 4 is 0 Å². The molecule has 0 bridgehead atoms. The third-order valence-corrected chi connectivity index (χ3v) is 3.66. The van der Waals surface area contributed by atoms with Crippen LogP contribution in [0.15, 0.2) is 42.5 Å². The standard InChI is InChI=1S/C18H20O2/c1-13(2)14-4-6-15(7-5-14)16-8-9-17-18(12-16)20-11-3-10-19-17/h4-9,12-13H,3,10-11H2,1-2H3. The van der Waals surface area contributed by atoms with Crippen LogP contribution in [0, 0.1) is 0 Å². The van der Waals surface area contributed by atoms with Crippen molar-refractivity contribution in [3.8, 4) is 22.6 Å². The van der Waals surface area contributed by atoms with Crippen LogP contribution in [0.2, 0.25) is 0 Å². The van der Waals surface area contributed by atoms with Gasteiger partial charge in [-0.2, -0.15) is 0 Å². The maximum Gasteiger partial charge on any atom is 0.161 e. The van der Waals surface area contributed by atoms with Gasteiger partial charge in [-0.15, -0.1) is 0 Å². The Hall–Kier alpha value is -1.96. The summed E-state index contributed by atoms with van der Waals surface area (Å²) in [6.07, 6.45) is 0.938. The normalized spacial score (nSPS) is 14.2. The van der Waals surface area contributed by atoms with E-state index >= 15 is 0 Å². The van der Waals surface area contributed by atoms with Gasteiger partial charge in [0.05, 0.1) is 13.2 Å². The average Bonchev–Trinajstić information content (AvgIpc) is 2.71. The third kappa shape index (κ3) is 2.64. The molecule has 3 rings (SSSR count). The SMILES string of the molecule is CC(C)c1ccc(-c2ccc3c(c2)OCCCO3)cc1. The molecular weight excluding hydrogens is 248 g/mol. The Morgan fingerprint density at radius 1 is 0.800 bits per heavy atom. The molecule has 2 heteroatoms. The van der Waals surface area contributed by atoms with Gasteiger partial charge in [-0.05, 0) is 34.7 Å². The summed E-state index contributed by atoms with van der Waals surface area (Å²) in [5, 5.41) is 0. The smallest absolute Gasteiger partial charge is 0.161 e. The first kappa shape index (κ1) is 13.0. The van der Waals surface area contributed by atoms with E-state index in [0.717, 1.165) is 31.1 Å². The van der Waals surface area contributed by atoms with Crippen molar-refractivity contribution < 1.29 is 9.47 Å². The van der Waals surface area contributed by atoms with E-state index in [-0.39, 0.29) is 0 Å². The molecule has 0 saturated carbocycles. The third-order valence-electron chi connectivity index (χ3n) is 3.66. The summed E-state index contributed by atoms with van der Waals surface area (Å²) in [4.78, 5) is 0. The molecule has 0 N–H and O–H groups in total. The van der Waals surface area contributed by atoms with Crippen molar-refractivity contribution in [2.75, 3.05) is 13.2 Å². The lowest BCUT2D eigenvalue weighted by molar-refractivity contribution is 0.297. The molecule has 104 valence electrons. The molecule has 2 aromatic rings. The minimum atomic E-state index is 0.563. The monoisotopic (exact) mass is 268 g/mol. The van der Waals surface area contributed by atoms with Crippen LogP contribution in [-0.2, 0) is 0 Å². The quantitative estimate of drug-likeness (QED) is 0.790. The van der Waals surface area contributed by atoms with E-state index in [9.17, 15) is 0 Å². The zero-order chi connectivity index (χ0) is 13.9. The molecule has 0 radical (unpaired) electrons. The van der Waals surface area contributed by atoms with Crippen molar-refractivity contribution in [1.82, 2.24) is 0 Å². The molecule has 2 nitrogen and oxygen atoms in total. The molecule has 0 spiro atoms. The second-order valence-electron chi connectivity index (χ2n) is 5.49. The van der Waals surface area contributed by atoms with E-state index in [4.69, 9.17) is 9.47 Å². The van der Waals surface area contributed by atoms with Gasteiger partial charge >= 0.3 is 0 Å². The van der Waals surface area contributed by atoms with Gasteiger partial charge in [-0.25, -0.2) is 0 Å². The maximum absolute atomic E-state index is 5.75. The summed E-state index contributed by atoms with van der Waals surface area (Å²) in [5.74, 6) is 2.27. The van der Waals surface area contributed by atoms with Gasteiger partial charge in [-0.3, -0.25) is 0 Å². The molecule has 0 atom stereocenters. The largest absolute Gasteiger partial charge is 0.490 e. The molecule has 0 aliphatic carbocycles. The van der Waals surface area contributed by atoms with Gasteiger partial charge in [-0.1, -0.05) is 44.2 Å². The van der Waals surface area contributed by atoms with Gasteiger partial charge in [0.2, 0.25) is 0 Å². The molecule has 1 heterocycles. The first-order valence-corrected chi connectivity index (χ1v) is 7.24. The predicted molar refractivity (Wildman–Crippen MR) is 81.6 cm³/mol. The highest BCUT2D eigenvalue weighted by molar-refractivity contribution is 5.67. The lowest BCUT2D eigenvalue weighted by atomic mass is 9.98. The summed E-state index contributed by atoms with van der Waals surface area (Å²) in [7, 11) is 0. The number of fused-ring (bicyclic) bond motifs is 1. The van der Waals surface area contributed by atoms with E-state index in [1.54, 1.807) is 0 Å². The second kappa shape index (κ2) is 5.58. The first-order valence-electron chi connectivity index (χ1n) is 7.24. The minimum absolute atomic E-state index is 0.563. The van der Waals surface area contributed by atoms with E-state index in [1.807, 2.05) is 6.07 Å². The minimum Gasteiger partial charge on any atom is -0.490 e. The van der Waals surface area contributed by atoms with Gasteiger partial charge in [0, 0.05) is 6.42 Å². The topological polar surface area (TPSA) is 18.5 Å². The molecule has 0 saturated heterocycles. The van der Waals surface area contributed by atoms with Crippen LogP contribution in [0.4, 0.5) is 0 Å². The fourth-order valence-electron chi connectivity index (χ4n) is 2.40. The Bertz CT molecular complexity index is 585. The fourth-order valence-corrected chi connectivity index (χ4v) is 2.40. The number of ether oxygens (including phenoxy) is 2. The lowest BCUT2D eigenvalue weighted by Crippen LogP contribution is -1.97. The number of hydrogen-bond donors (Lipinski definition) is 0. The molecular formula is C18H20O2. The highest BCUT2D eigenvalue weighted by atomic mass is 16.5. The van der Waals surface area contributed by atoms with Crippen molar-refractivity contribution in [3.63, 3.8) is 0 Å². The van der Waals surface area contributed by atoms with E-state index in [1.165, 1.54) is 16.7 Å². The molecule has 0 fully saturated rings. The molecule has 0 unspecified atom stereocenters. The molecule has 20 heavy (non-hydrogen) atoms. The zero-order valence-corrected chi connectivity index (χ0v) is 12.1. The summed E-state index contributed by atoms with van der Waals surface area (Å²) in [6.45, 7) is 5.88. The van der Waals surface area contributed by atoms with Crippen molar-refractivity contribution in [2.24, 2.45) is 0 Å². The Kier molecular flexibility index (Phi) is 3.64. The van der Waals surface area contributed by atoms with Gasteiger partial charge in [0.15, 0.2) is 11.5 Å². The van der Waals surface area contributed by atoms with Crippen LogP contribution in [0.5, 0.6) is 11.5 Å².